The van der Waals surface area contributed by atoms with Gasteiger partial charge in [-0.2, -0.15) is 0 Å². The minimum absolute atomic E-state index is 0.125. The summed E-state index contributed by atoms with van der Waals surface area (Å²) >= 11 is 0. The minimum atomic E-state index is -3.48. The fourth-order valence-electron chi connectivity index (χ4n) is 3.77. The van der Waals surface area contributed by atoms with E-state index in [1.807, 2.05) is 5.94 Å². The number of imidazole rings is 1. The number of likely N-dealkylation sites (tertiary alicyclic amines) is 1. The maximum Gasteiger partial charge on any atom is 0.272 e. The lowest BCUT2D eigenvalue weighted by Crippen LogP contribution is -2.36. The average molecular weight is 470 g/mol. The van der Waals surface area contributed by atoms with E-state index in [1.54, 1.807) is 43.3 Å². The van der Waals surface area contributed by atoms with Crippen molar-refractivity contribution in [2.75, 3.05) is 37.5 Å². The Morgan fingerprint density at radius 2 is 2.00 bits per heavy atom. The van der Waals surface area contributed by atoms with Gasteiger partial charge in [-0.25, -0.2) is 22.7 Å². The van der Waals surface area contributed by atoms with Crippen LogP contribution in [0.5, 0.6) is 0 Å². The second kappa shape index (κ2) is 8.57. The van der Waals surface area contributed by atoms with Gasteiger partial charge in [0.25, 0.3) is 5.91 Å². The number of sulfone groups is 1. The van der Waals surface area contributed by atoms with Crippen molar-refractivity contribution in [3.05, 3.63) is 47.9 Å². The Balaban J connectivity index is 1.71. The van der Waals surface area contributed by atoms with Gasteiger partial charge in [-0.1, -0.05) is 12.1 Å². The molecule has 0 radical (unpaired) electrons. The van der Waals surface area contributed by atoms with Crippen LogP contribution in [0.1, 0.15) is 16.9 Å². The number of rotatable bonds is 6. The molecule has 2 aromatic heterocycles. The summed E-state index contributed by atoms with van der Waals surface area (Å²) in [5, 5.41) is 13.3. The van der Waals surface area contributed by atoms with Crippen LogP contribution in [-0.2, 0) is 14.6 Å². The van der Waals surface area contributed by atoms with Gasteiger partial charge < -0.3 is 20.9 Å². The van der Waals surface area contributed by atoms with Crippen LogP contribution in [0.2, 0.25) is 0 Å². The van der Waals surface area contributed by atoms with Gasteiger partial charge in [-0.05, 0) is 18.6 Å². The molecule has 0 aliphatic carbocycles. The van der Waals surface area contributed by atoms with Crippen molar-refractivity contribution in [3.63, 3.8) is 0 Å². The number of anilines is 3. The zero-order valence-electron chi connectivity index (χ0n) is 18.3. The fraction of sp³-hybridized carbons (Fsp3) is 0.286. The van der Waals surface area contributed by atoms with Gasteiger partial charge in [0.2, 0.25) is 0 Å². The molecule has 0 bridgehead atoms. The molecule has 0 saturated carbocycles. The van der Waals surface area contributed by atoms with Gasteiger partial charge in [0, 0.05) is 33.0 Å². The summed E-state index contributed by atoms with van der Waals surface area (Å²) in [5.41, 5.74) is 1.91. The minimum Gasteiger partial charge on any atom is -0.385 e. The quantitative estimate of drug-likeness (QED) is 0.453. The van der Waals surface area contributed by atoms with Crippen molar-refractivity contribution in [2.45, 2.75) is 17.4 Å². The van der Waals surface area contributed by atoms with E-state index in [9.17, 15) is 18.0 Å². The first-order valence-corrected chi connectivity index (χ1v) is 12.0. The second-order valence-electron chi connectivity index (χ2n) is 7.69. The average Bonchev–Trinajstić information content (AvgIpc) is 3.36. The maximum atomic E-state index is 13.0. The van der Waals surface area contributed by atoms with Crippen LogP contribution in [-0.4, -0.2) is 72.7 Å². The summed E-state index contributed by atoms with van der Waals surface area (Å²) in [6, 6.07) is 7.70. The number of hydrogen-bond acceptors (Lipinski definition) is 9. The number of carbonyl (C=O) groups is 1. The monoisotopic (exact) mass is 469 g/mol. The zero-order valence-corrected chi connectivity index (χ0v) is 19.1. The summed E-state index contributed by atoms with van der Waals surface area (Å²) in [6.45, 7) is 0.638. The predicted molar refractivity (Wildman–Crippen MR) is 123 cm³/mol. The molecule has 1 aromatic carbocycles. The Bertz CT molecular complexity index is 1390. The third-order valence-electron chi connectivity index (χ3n) is 5.42. The molecule has 1 fully saturated rings. The molecule has 1 atom stereocenters. The summed E-state index contributed by atoms with van der Waals surface area (Å²) in [5.74, 6) is 1.76. The van der Waals surface area contributed by atoms with Crippen molar-refractivity contribution in [2.24, 2.45) is 0 Å². The van der Waals surface area contributed by atoms with Crippen LogP contribution in [0.3, 0.4) is 0 Å². The highest BCUT2D eigenvalue weighted by atomic mass is 32.2. The van der Waals surface area contributed by atoms with E-state index in [-0.39, 0.29) is 10.6 Å². The SMILES string of the molecule is CNc1cc(Nc2ccccc2S(C)(=O)=O)nn2c(C(=O)N[C@@H]3CCN(C)C3=C=O)cnc12. The molecule has 3 N–H and O–H groups in total. The largest absolute Gasteiger partial charge is 0.385 e. The lowest BCUT2D eigenvalue weighted by Gasteiger charge is -2.15. The summed E-state index contributed by atoms with van der Waals surface area (Å²) in [6.07, 6.45) is 3.12. The Labute approximate surface area is 190 Å². The molecule has 1 aliphatic heterocycles. The first kappa shape index (κ1) is 22.3. The number of para-hydroxylation sites is 1. The highest BCUT2D eigenvalue weighted by Gasteiger charge is 2.29. The van der Waals surface area contributed by atoms with Crippen molar-refractivity contribution in [1.82, 2.24) is 24.8 Å². The smallest absolute Gasteiger partial charge is 0.272 e. The zero-order chi connectivity index (χ0) is 23.8. The van der Waals surface area contributed by atoms with E-state index in [4.69, 9.17) is 0 Å². The van der Waals surface area contributed by atoms with Crippen LogP contribution >= 0.6 is 0 Å². The molecule has 1 saturated heterocycles. The molecule has 11 nitrogen and oxygen atoms in total. The fourth-order valence-corrected chi connectivity index (χ4v) is 4.61. The highest BCUT2D eigenvalue weighted by molar-refractivity contribution is 7.90. The molecule has 12 heteroatoms. The Kier molecular flexibility index (Phi) is 5.79. The molecular formula is C21H23N7O4S. The molecule has 0 spiro atoms. The molecule has 1 aliphatic rings. The lowest BCUT2D eigenvalue weighted by molar-refractivity contribution is 0.0936. The Morgan fingerprint density at radius 1 is 1.24 bits per heavy atom. The van der Waals surface area contributed by atoms with Gasteiger partial charge in [-0.15, -0.1) is 5.10 Å². The first-order valence-electron chi connectivity index (χ1n) is 10.1. The number of carbonyl (C=O) groups excluding carboxylic acids is 2. The van der Waals surface area contributed by atoms with E-state index >= 15 is 0 Å². The van der Waals surface area contributed by atoms with Crippen LogP contribution in [0.25, 0.3) is 5.65 Å². The Hall–Kier alpha value is -3.89. The molecular weight excluding hydrogens is 446 g/mol. The molecule has 33 heavy (non-hydrogen) atoms. The normalized spacial score (nSPS) is 16.0. The molecule has 3 heterocycles. The first-order chi connectivity index (χ1) is 15.7. The summed E-state index contributed by atoms with van der Waals surface area (Å²) in [7, 11) is -0.00183. The predicted octanol–water partition coefficient (Wildman–Crippen LogP) is 1.07. The van der Waals surface area contributed by atoms with Gasteiger partial charge >= 0.3 is 0 Å². The van der Waals surface area contributed by atoms with Crippen LogP contribution in [0.4, 0.5) is 17.2 Å². The highest BCUT2D eigenvalue weighted by Crippen LogP contribution is 2.27. The van der Waals surface area contributed by atoms with Crippen LogP contribution in [0, 0.1) is 0 Å². The number of nitrogens with one attached hydrogen (secondary N) is 3. The van der Waals surface area contributed by atoms with Crippen molar-refractivity contribution in [3.8, 4) is 0 Å². The molecule has 1 amide bonds. The van der Waals surface area contributed by atoms with E-state index in [0.717, 1.165) is 6.26 Å². The van der Waals surface area contributed by atoms with Gasteiger partial charge in [0.1, 0.15) is 11.6 Å². The van der Waals surface area contributed by atoms with E-state index < -0.39 is 21.8 Å². The van der Waals surface area contributed by atoms with Gasteiger partial charge in [-0.3, -0.25) is 4.79 Å². The maximum absolute atomic E-state index is 13.0. The number of hydrogen-bond donors (Lipinski definition) is 3. The standard InChI is InChI=1S/C21H23N7O4S/c1-22-15-10-19(24-14-6-4-5-7-18(14)33(3,31)32)26-28-16(11-23-20(15)28)21(30)25-13-8-9-27(2)17(13)12-29/h4-7,10-11,13,22H,8-9H2,1-3H3,(H,24,26)(H,25,30)/t13-/m1/s1. The number of fused-ring (bicyclic) bond motifs is 1. The van der Waals surface area contributed by atoms with Crippen molar-refractivity contribution >= 4 is 44.5 Å². The van der Waals surface area contributed by atoms with Gasteiger partial charge in [0.05, 0.1) is 28.5 Å². The summed E-state index contributed by atoms with van der Waals surface area (Å²) < 4.78 is 25.7. The van der Waals surface area contributed by atoms with Crippen molar-refractivity contribution < 1.29 is 18.0 Å². The van der Waals surface area contributed by atoms with E-state index in [1.165, 1.54) is 16.8 Å². The third-order valence-corrected chi connectivity index (χ3v) is 6.58. The van der Waals surface area contributed by atoms with E-state index in [0.29, 0.717) is 41.5 Å². The number of benzene rings is 1. The number of aromatic nitrogens is 3. The van der Waals surface area contributed by atoms with Crippen LogP contribution in [0.15, 0.2) is 47.1 Å². The third kappa shape index (κ3) is 4.26. The summed E-state index contributed by atoms with van der Waals surface area (Å²) in [4.78, 5) is 30.5. The topological polar surface area (TPSA) is 138 Å². The number of nitrogens with zero attached hydrogens (tertiary/aromatic N) is 4. The number of likely N-dealkylation sites (N-methyl/N-ethyl adjacent to an activating group) is 1. The number of amides is 1. The lowest BCUT2D eigenvalue weighted by atomic mass is 10.2. The van der Waals surface area contributed by atoms with Crippen LogP contribution < -0.4 is 16.0 Å². The molecule has 0 unspecified atom stereocenters. The van der Waals surface area contributed by atoms with Gasteiger partial charge in [0.15, 0.2) is 27.0 Å². The van der Waals surface area contributed by atoms with E-state index in [2.05, 4.69) is 26.0 Å². The molecule has 4 rings (SSSR count). The Morgan fingerprint density at radius 3 is 2.70 bits per heavy atom. The second-order valence-corrected chi connectivity index (χ2v) is 9.67. The molecule has 3 aromatic rings. The molecule has 172 valence electrons. The van der Waals surface area contributed by atoms with Crippen molar-refractivity contribution in [1.29, 1.82) is 0 Å².